The van der Waals surface area contributed by atoms with Crippen molar-refractivity contribution in [3.63, 3.8) is 0 Å². The van der Waals surface area contributed by atoms with E-state index in [1.54, 1.807) is 23.5 Å². The van der Waals surface area contributed by atoms with Crippen LogP contribution in [0.3, 0.4) is 0 Å². The van der Waals surface area contributed by atoms with Crippen LogP contribution in [0, 0.1) is 12.7 Å². The Labute approximate surface area is 222 Å². The molecule has 0 saturated heterocycles. The molecule has 0 amide bonds. The maximum absolute atomic E-state index is 13.5. The van der Waals surface area contributed by atoms with Crippen molar-refractivity contribution in [1.29, 1.82) is 0 Å². The topological polar surface area (TPSA) is 27.6 Å². The van der Waals surface area contributed by atoms with Crippen molar-refractivity contribution in [2.24, 2.45) is 4.99 Å². The number of aryl methyl sites for hydroxylation is 1. The molecule has 1 N–H and O–H groups in total. The third-order valence-corrected chi connectivity index (χ3v) is 5.62. The number of thiophene rings is 1. The molecule has 0 radical (unpaired) electrons. The molecule has 0 bridgehead atoms. The zero-order chi connectivity index (χ0) is 27.8. The fourth-order valence-electron chi connectivity index (χ4n) is 2.72. The van der Waals surface area contributed by atoms with E-state index < -0.39 is 0 Å². The van der Waals surface area contributed by atoms with Gasteiger partial charge in [-0.1, -0.05) is 32.1 Å². The minimum Gasteiger partial charge on any atom is -0.299 e. The lowest BCUT2D eigenvalue weighted by molar-refractivity contribution is 0.340. The Hall–Kier alpha value is -2.21. The SMILES string of the molecule is C=C.C=CC.CC.CC(=N/C(C)=C/c1sc2ccc(F)cc2c1C)N(C)NC(C)/C=C/C(C)(C)Cl. The first-order valence-electron chi connectivity index (χ1n) is 11.8. The maximum atomic E-state index is 13.5. The molecule has 1 atom stereocenters. The molecular weight excluding hydrogens is 477 g/mol. The Morgan fingerprint density at radius 1 is 1.26 bits per heavy atom. The molecule has 35 heavy (non-hydrogen) atoms. The number of nitrogens with zero attached hydrogens (tertiary/aromatic N) is 2. The number of amidine groups is 1. The van der Waals surface area contributed by atoms with E-state index in [9.17, 15) is 4.39 Å². The Bertz CT molecular complexity index is 984. The summed E-state index contributed by atoms with van der Waals surface area (Å²) in [5.74, 6) is 0.645. The number of allylic oxidation sites excluding steroid dienone is 3. The van der Waals surface area contributed by atoms with E-state index in [1.807, 2.05) is 85.7 Å². The quantitative estimate of drug-likeness (QED) is 0.135. The van der Waals surface area contributed by atoms with Gasteiger partial charge in [-0.05, 0) is 83.7 Å². The summed E-state index contributed by atoms with van der Waals surface area (Å²) in [6, 6.07) is 5.05. The Kier molecular flexibility index (Phi) is 18.1. The zero-order valence-corrected chi connectivity index (χ0v) is 24.9. The average Bonchev–Trinajstić information content (AvgIpc) is 3.09. The van der Waals surface area contributed by atoms with Crippen molar-refractivity contribution >= 4 is 44.9 Å². The molecule has 0 aliphatic heterocycles. The average molecular weight is 522 g/mol. The van der Waals surface area contributed by atoms with Gasteiger partial charge in [0.2, 0.25) is 0 Å². The number of benzene rings is 1. The van der Waals surface area contributed by atoms with Crippen LogP contribution in [0.15, 0.2) is 66.9 Å². The lowest BCUT2D eigenvalue weighted by Crippen LogP contribution is -2.43. The number of alkyl halides is 1. The molecule has 0 aliphatic rings. The summed E-state index contributed by atoms with van der Waals surface area (Å²) in [6.07, 6.45) is 7.82. The van der Waals surface area contributed by atoms with Gasteiger partial charge in [-0.3, -0.25) is 5.01 Å². The number of halogens is 2. The molecule has 0 fully saturated rings. The van der Waals surface area contributed by atoms with E-state index in [4.69, 9.17) is 11.6 Å². The van der Waals surface area contributed by atoms with E-state index in [0.717, 1.165) is 32.1 Å². The van der Waals surface area contributed by atoms with Crippen LogP contribution in [-0.2, 0) is 0 Å². The summed E-state index contributed by atoms with van der Waals surface area (Å²) < 4.78 is 14.6. The minimum atomic E-state index is -0.359. The van der Waals surface area contributed by atoms with Crippen molar-refractivity contribution in [3.8, 4) is 0 Å². The van der Waals surface area contributed by atoms with Crippen LogP contribution >= 0.6 is 22.9 Å². The number of rotatable bonds is 6. The van der Waals surface area contributed by atoms with E-state index >= 15 is 0 Å². The van der Waals surface area contributed by atoms with Gasteiger partial charge in [-0.2, -0.15) is 0 Å². The van der Waals surface area contributed by atoms with Crippen LogP contribution in [0.2, 0.25) is 0 Å². The second-order valence-electron chi connectivity index (χ2n) is 7.99. The van der Waals surface area contributed by atoms with Gasteiger partial charge >= 0.3 is 0 Å². The zero-order valence-electron chi connectivity index (χ0n) is 23.3. The predicted molar refractivity (Wildman–Crippen MR) is 161 cm³/mol. The fraction of sp³-hybridized carbons (Fsp3) is 0.414. The van der Waals surface area contributed by atoms with Crippen molar-refractivity contribution in [2.45, 2.75) is 73.2 Å². The van der Waals surface area contributed by atoms with Gasteiger partial charge in [0.1, 0.15) is 11.7 Å². The highest BCUT2D eigenvalue weighted by atomic mass is 35.5. The lowest BCUT2D eigenvalue weighted by Gasteiger charge is -2.23. The predicted octanol–water partition coefficient (Wildman–Crippen LogP) is 9.55. The monoisotopic (exact) mass is 521 g/mol. The van der Waals surface area contributed by atoms with Gasteiger partial charge < -0.3 is 0 Å². The summed E-state index contributed by atoms with van der Waals surface area (Å²) in [5.41, 5.74) is 5.33. The molecule has 3 nitrogen and oxygen atoms in total. The molecule has 0 spiro atoms. The number of hydrogen-bond acceptors (Lipinski definition) is 3. The molecule has 1 aromatic carbocycles. The summed E-state index contributed by atoms with van der Waals surface area (Å²) in [5, 5.41) is 2.87. The van der Waals surface area contributed by atoms with Crippen LogP contribution in [0.1, 0.15) is 65.8 Å². The van der Waals surface area contributed by atoms with Gasteiger partial charge in [0.25, 0.3) is 0 Å². The van der Waals surface area contributed by atoms with E-state index in [-0.39, 0.29) is 16.7 Å². The maximum Gasteiger partial charge on any atom is 0.123 e. The van der Waals surface area contributed by atoms with E-state index in [0.29, 0.717) is 0 Å². The largest absolute Gasteiger partial charge is 0.299 e. The highest BCUT2D eigenvalue weighted by Crippen LogP contribution is 2.32. The van der Waals surface area contributed by atoms with Crippen molar-refractivity contribution in [2.75, 3.05) is 7.05 Å². The van der Waals surface area contributed by atoms with Gasteiger partial charge in [0, 0.05) is 28.4 Å². The summed E-state index contributed by atoms with van der Waals surface area (Å²) >= 11 is 7.85. The molecule has 1 aromatic heterocycles. The van der Waals surface area contributed by atoms with Crippen molar-refractivity contribution in [1.82, 2.24) is 10.4 Å². The third kappa shape index (κ3) is 14.1. The minimum absolute atomic E-state index is 0.122. The Morgan fingerprint density at radius 2 is 1.80 bits per heavy atom. The van der Waals surface area contributed by atoms with Gasteiger partial charge in [0.05, 0.1) is 4.87 Å². The number of aliphatic imine (C=N–C) groups is 1. The highest BCUT2D eigenvalue weighted by molar-refractivity contribution is 7.20. The van der Waals surface area contributed by atoms with E-state index in [1.165, 1.54) is 6.07 Å². The fourth-order valence-corrected chi connectivity index (χ4v) is 3.98. The van der Waals surface area contributed by atoms with Crippen molar-refractivity contribution in [3.05, 3.63) is 78.1 Å². The number of hydrogen-bond donors (Lipinski definition) is 1. The van der Waals surface area contributed by atoms with Crippen LogP contribution in [0.25, 0.3) is 16.2 Å². The molecule has 2 aromatic rings. The first kappa shape index (κ1) is 35.0. The second kappa shape index (κ2) is 18.1. The smallest absolute Gasteiger partial charge is 0.123 e. The molecule has 196 valence electrons. The number of fused-ring (bicyclic) bond motifs is 1. The first-order valence-corrected chi connectivity index (χ1v) is 12.9. The van der Waals surface area contributed by atoms with Gasteiger partial charge in [-0.15, -0.1) is 42.7 Å². The number of nitrogens with one attached hydrogen (secondary N) is 1. The molecule has 1 unspecified atom stereocenters. The molecule has 0 aliphatic carbocycles. The van der Waals surface area contributed by atoms with Crippen LogP contribution in [0.4, 0.5) is 4.39 Å². The normalized spacial score (nSPS) is 12.6. The standard InChI is InChI=1S/C22H29ClFN3S.C3H6.C2H6.C2H4/c1-14(10-11-22(5,6)23)26-27(7)17(4)25-15(2)12-21-16(3)19-13-18(24)8-9-20(19)28-21;1-3-2;2*1-2/h8-14,26H,1-7H3;3H,1H2,2H3;1-2H3;1-2H2/b11-10+,15-12+,25-17?;;;. The summed E-state index contributed by atoms with van der Waals surface area (Å²) in [4.78, 5) is 5.43. The summed E-state index contributed by atoms with van der Waals surface area (Å²) in [6.45, 7) is 27.2. The molecule has 1 heterocycles. The Balaban J connectivity index is 0. The van der Waals surface area contributed by atoms with Gasteiger partial charge in [-0.25, -0.2) is 14.8 Å². The molecule has 0 saturated carbocycles. The van der Waals surface area contributed by atoms with Crippen LogP contribution in [-0.4, -0.2) is 28.8 Å². The molecule has 2 rings (SSSR count). The molecule has 6 heteroatoms. The summed E-state index contributed by atoms with van der Waals surface area (Å²) in [7, 11) is 1.94. The first-order chi connectivity index (χ1) is 16.4. The Morgan fingerprint density at radius 3 is 2.31 bits per heavy atom. The van der Waals surface area contributed by atoms with Crippen molar-refractivity contribution < 1.29 is 4.39 Å². The highest BCUT2D eigenvalue weighted by Gasteiger charge is 2.10. The van der Waals surface area contributed by atoms with Crippen LogP contribution in [0.5, 0.6) is 0 Å². The molecular formula is C29H45ClFN3S. The van der Waals surface area contributed by atoms with Crippen LogP contribution < -0.4 is 5.43 Å². The van der Waals surface area contributed by atoms with E-state index in [2.05, 4.69) is 43.2 Å². The van der Waals surface area contributed by atoms with Gasteiger partial charge in [0.15, 0.2) is 0 Å². The third-order valence-electron chi connectivity index (χ3n) is 4.28. The second-order valence-corrected chi connectivity index (χ2v) is 10.0. The lowest BCUT2D eigenvalue weighted by atomic mass is 10.1. The number of hydrazine groups is 1.